The maximum absolute atomic E-state index is 12.6. The molecule has 1 N–H and O–H groups in total. The van der Waals surface area contributed by atoms with Crippen molar-refractivity contribution in [1.82, 2.24) is 15.1 Å². The number of ether oxygens (including phenoxy) is 1. The largest absolute Gasteiger partial charge is 0.453 e. The summed E-state index contributed by atoms with van der Waals surface area (Å²) >= 11 is 1.67. The molecule has 0 saturated carbocycles. The molecule has 2 fully saturated rings. The van der Waals surface area contributed by atoms with Gasteiger partial charge < -0.3 is 19.9 Å². The normalized spacial score (nSPS) is 22.2. The van der Waals surface area contributed by atoms with E-state index in [1.165, 1.54) is 12.7 Å². The van der Waals surface area contributed by atoms with Crippen molar-refractivity contribution < 1.29 is 14.3 Å². The average molecular weight is 337 g/mol. The van der Waals surface area contributed by atoms with Crippen LogP contribution >= 0.6 is 11.3 Å². The number of hydrogen-bond acceptors (Lipinski definition) is 4. The molecule has 2 aliphatic rings. The Kier molecular flexibility index (Phi) is 5.05. The number of thiophene rings is 1. The van der Waals surface area contributed by atoms with Crippen molar-refractivity contribution in [2.45, 2.75) is 37.8 Å². The van der Waals surface area contributed by atoms with Gasteiger partial charge >= 0.3 is 12.1 Å². The molecule has 6 nitrogen and oxygen atoms in total. The van der Waals surface area contributed by atoms with E-state index in [9.17, 15) is 9.59 Å². The summed E-state index contributed by atoms with van der Waals surface area (Å²) in [6.45, 7) is 2.07. The quantitative estimate of drug-likeness (QED) is 0.903. The molecule has 0 spiro atoms. The lowest BCUT2D eigenvalue weighted by atomic mass is 10.1. The van der Waals surface area contributed by atoms with Gasteiger partial charge in [0.2, 0.25) is 0 Å². The summed E-state index contributed by atoms with van der Waals surface area (Å²) in [5.74, 6) is 0. The fourth-order valence-corrected chi connectivity index (χ4v) is 4.12. The van der Waals surface area contributed by atoms with Crippen LogP contribution < -0.4 is 5.32 Å². The first-order chi connectivity index (χ1) is 11.2. The third-order valence-electron chi connectivity index (χ3n) is 4.70. The highest BCUT2D eigenvalue weighted by molar-refractivity contribution is 7.07. The zero-order valence-electron chi connectivity index (χ0n) is 13.4. The van der Waals surface area contributed by atoms with E-state index in [4.69, 9.17) is 4.74 Å². The Morgan fingerprint density at radius 2 is 2.04 bits per heavy atom. The Labute approximate surface area is 140 Å². The molecule has 0 bridgehead atoms. The fourth-order valence-electron chi connectivity index (χ4n) is 3.41. The second kappa shape index (κ2) is 7.21. The van der Waals surface area contributed by atoms with Crippen molar-refractivity contribution >= 4 is 23.5 Å². The number of nitrogens with one attached hydrogen (secondary N) is 1. The molecule has 0 aromatic carbocycles. The van der Waals surface area contributed by atoms with E-state index in [1.54, 1.807) is 16.2 Å². The molecule has 7 heteroatoms. The van der Waals surface area contributed by atoms with Crippen molar-refractivity contribution in [1.29, 1.82) is 0 Å². The van der Waals surface area contributed by atoms with Crippen LogP contribution in [-0.2, 0) is 4.74 Å². The van der Waals surface area contributed by atoms with Gasteiger partial charge in [-0.1, -0.05) is 0 Å². The number of carbonyl (C=O) groups is 2. The molecule has 1 aromatic heterocycles. The van der Waals surface area contributed by atoms with Crippen LogP contribution in [0.2, 0.25) is 0 Å². The summed E-state index contributed by atoms with van der Waals surface area (Å²) < 4.78 is 4.74. The number of urea groups is 1. The number of hydrogen-bond donors (Lipinski definition) is 1. The lowest BCUT2D eigenvalue weighted by Gasteiger charge is -2.33. The van der Waals surface area contributed by atoms with Gasteiger partial charge in [-0.3, -0.25) is 0 Å². The molecule has 2 aliphatic heterocycles. The van der Waals surface area contributed by atoms with Gasteiger partial charge in [0.15, 0.2) is 0 Å². The third kappa shape index (κ3) is 3.60. The van der Waals surface area contributed by atoms with Crippen molar-refractivity contribution in [3.63, 3.8) is 0 Å². The minimum atomic E-state index is -0.285. The van der Waals surface area contributed by atoms with E-state index >= 15 is 0 Å². The van der Waals surface area contributed by atoms with E-state index in [0.717, 1.165) is 32.2 Å². The highest BCUT2D eigenvalue weighted by atomic mass is 32.1. The second-order valence-electron chi connectivity index (χ2n) is 6.09. The van der Waals surface area contributed by atoms with Crippen LogP contribution in [0.5, 0.6) is 0 Å². The van der Waals surface area contributed by atoms with E-state index in [2.05, 4.69) is 22.1 Å². The molecule has 3 amide bonds. The van der Waals surface area contributed by atoms with Crippen LogP contribution in [0.15, 0.2) is 16.8 Å². The van der Waals surface area contributed by atoms with Gasteiger partial charge in [-0.05, 0) is 48.1 Å². The lowest BCUT2D eigenvalue weighted by molar-refractivity contribution is 0.109. The fraction of sp³-hybridized carbons (Fsp3) is 0.625. The topological polar surface area (TPSA) is 61.9 Å². The number of likely N-dealkylation sites (tertiary alicyclic amines) is 2. The van der Waals surface area contributed by atoms with E-state index in [-0.39, 0.29) is 24.2 Å². The predicted molar refractivity (Wildman–Crippen MR) is 88.5 cm³/mol. The smallest absolute Gasteiger partial charge is 0.409 e. The van der Waals surface area contributed by atoms with Crippen molar-refractivity contribution in [3.8, 4) is 0 Å². The SMILES string of the molecule is COC(=O)N1CCC(NC(=O)N2CCC[C@@H]2c2ccsc2)CC1. The van der Waals surface area contributed by atoms with Crippen molar-refractivity contribution in [2.24, 2.45) is 0 Å². The summed E-state index contributed by atoms with van der Waals surface area (Å²) in [6, 6.07) is 2.47. The Bertz CT molecular complexity index is 541. The van der Waals surface area contributed by atoms with E-state index < -0.39 is 0 Å². The van der Waals surface area contributed by atoms with Gasteiger partial charge in [-0.2, -0.15) is 11.3 Å². The molecule has 2 saturated heterocycles. The van der Waals surface area contributed by atoms with Crippen molar-refractivity contribution in [3.05, 3.63) is 22.4 Å². The van der Waals surface area contributed by atoms with Gasteiger partial charge in [0.1, 0.15) is 0 Å². The van der Waals surface area contributed by atoms with Crippen LogP contribution in [0.25, 0.3) is 0 Å². The summed E-state index contributed by atoms with van der Waals surface area (Å²) in [6.07, 6.45) is 3.35. The average Bonchev–Trinajstić information content (AvgIpc) is 3.25. The standard InChI is InChI=1S/C16H23N3O3S/c1-22-16(21)18-8-4-13(5-9-18)17-15(20)19-7-2-3-14(19)12-6-10-23-11-12/h6,10-11,13-14H,2-5,7-9H2,1H3,(H,17,20)/t14-/m1/s1. The lowest BCUT2D eigenvalue weighted by Crippen LogP contribution is -2.50. The number of nitrogens with zero attached hydrogens (tertiary/aromatic N) is 2. The summed E-state index contributed by atoms with van der Waals surface area (Å²) in [4.78, 5) is 27.7. The minimum Gasteiger partial charge on any atom is -0.453 e. The van der Waals surface area contributed by atoms with Gasteiger partial charge in [0, 0.05) is 25.7 Å². The number of methoxy groups -OCH3 is 1. The molecule has 0 radical (unpaired) electrons. The number of amides is 3. The van der Waals surface area contributed by atoms with Gasteiger partial charge in [-0.25, -0.2) is 9.59 Å². The first-order valence-electron chi connectivity index (χ1n) is 8.11. The number of rotatable bonds is 2. The van der Waals surface area contributed by atoms with Crippen LogP contribution in [0.1, 0.15) is 37.3 Å². The Hall–Kier alpha value is -1.76. The van der Waals surface area contributed by atoms with Gasteiger partial charge in [0.05, 0.1) is 13.2 Å². The van der Waals surface area contributed by atoms with Crippen molar-refractivity contribution in [2.75, 3.05) is 26.7 Å². The molecule has 3 rings (SSSR count). The summed E-state index contributed by atoms with van der Waals surface area (Å²) in [5.41, 5.74) is 1.24. The molecule has 3 heterocycles. The first-order valence-corrected chi connectivity index (χ1v) is 9.05. The zero-order chi connectivity index (χ0) is 16.2. The minimum absolute atomic E-state index is 0.0234. The highest BCUT2D eigenvalue weighted by Gasteiger charge is 2.32. The Morgan fingerprint density at radius 1 is 1.26 bits per heavy atom. The maximum atomic E-state index is 12.6. The molecular weight excluding hydrogens is 314 g/mol. The first kappa shape index (κ1) is 16.1. The third-order valence-corrected chi connectivity index (χ3v) is 5.40. The van der Waals surface area contributed by atoms with Crippen LogP contribution in [0, 0.1) is 0 Å². The van der Waals surface area contributed by atoms with Crippen LogP contribution in [-0.4, -0.2) is 54.7 Å². The molecule has 0 aliphatic carbocycles. The molecular formula is C16H23N3O3S. The molecule has 23 heavy (non-hydrogen) atoms. The molecule has 1 aromatic rings. The summed E-state index contributed by atoms with van der Waals surface area (Å²) in [7, 11) is 1.40. The highest BCUT2D eigenvalue weighted by Crippen LogP contribution is 2.33. The van der Waals surface area contributed by atoms with Crippen LogP contribution in [0.3, 0.4) is 0 Å². The Morgan fingerprint density at radius 3 is 2.70 bits per heavy atom. The molecule has 126 valence electrons. The van der Waals surface area contributed by atoms with Gasteiger partial charge in [0.25, 0.3) is 0 Å². The van der Waals surface area contributed by atoms with E-state index in [1.807, 2.05) is 4.90 Å². The molecule has 1 atom stereocenters. The maximum Gasteiger partial charge on any atom is 0.409 e. The van der Waals surface area contributed by atoms with E-state index in [0.29, 0.717) is 13.1 Å². The van der Waals surface area contributed by atoms with Crippen LogP contribution in [0.4, 0.5) is 9.59 Å². The second-order valence-corrected chi connectivity index (χ2v) is 6.87. The van der Waals surface area contributed by atoms with Gasteiger partial charge in [-0.15, -0.1) is 0 Å². The number of piperidine rings is 1. The molecule has 0 unspecified atom stereocenters. The summed E-state index contributed by atoms with van der Waals surface area (Å²) in [5, 5.41) is 7.33. The monoisotopic (exact) mass is 337 g/mol. The number of carbonyl (C=O) groups excluding carboxylic acids is 2. The Balaban J connectivity index is 1.52. The zero-order valence-corrected chi connectivity index (χ0v) is 14.2. The predicted octanol–water partition coefficient (Wildman–Crippen LogP) is 2.83.